The van der Waals surface area contributed by atoms with E-state index in [4.69, 9.17) is 0 Å². The molecule has 8 aromatic carbocycles. The molecule has 340 valence electrons. The molecule has 0 atom stereocenters. The Morgan fingerprint density at radius 2 is 1.01 bits per heavy atom. The SMILES string of the molecule is C=CC1=C(/C=C\C)N(c2ccc3c(c2)C2(c4ccccc4-c4ccccc42)c2cc(/C=C/c4ccc5c(c4)C(C)(C)c4cc(N6C7=C(C=CCC7)Sc7ccccc76)ccc4-5)ccc2-3)c2ccccc2S1. The zero-order chi connectivity index (χ0) is 47.6. The van der Waals surface area contributed by atoms with E-state index in [0.29, 0.717) is 0 Å². The van der Waals surface area contributed by atoms with Crippen LogP contribution in [0.4, 0.5) is 22.7 Å². The minimum Gasteiger partial charge on any atom is -0.312 e. The molecule has 0 unspecified atom stereocenters. The van der Waals surface area contributed by atoms with E-state index in [9.17, 15) is 0 Å². The van der Waals surface area contributed by atoms with Crippen LogP contribution in [0.3, 0.4) is 0 Å². The first-order valence-electron chi connectivity index (χ1n) is 24.9. The number of para-hydroxylation sites is 2. The largest absolute Gasteiger partial charge is 0.312 e. The summed E-state index contributed by atoms with van der Waals surface area (Å²) in [6.45, 7) is 11.2. The van der Waals surface area contributed by atoms with E-state index in [1.807, 2.05) is 17.8 Å². The van der Waals surface area contributed by atoms with Gasteiger partial charge in [0, 0.05) is 42.1 Å². The Kier molecular flexibility index (Phi) is 9.56. The number of thioether (sulfide) groups is 2. The maximum absolute atomic E-state index is 4.27. The molecule has 8 aromatic rings. The van der Waals surface area contributed by atoms with Gasteiger partial charge in [0.1, 0.15) is 0 Å². The predicted octanol–water partition coefficient (Wildman–Crippen LogP) is 18.5. The van der Waals surface area contributed by atoms with Crippen LogP contribution in [0.1, 0.15) is 78.1 Å². The highest BCUT2D eigenvalue weighted by molar-refractivity contribution is 8.03. The number of hydrogen-bond donors (Lipinski definition) is 0. The number of allylic oxidation sites excluding steroid dienone is 6. The van der Waals surface area contributed by atoms with Crippen LogP contribution in [-0.2, 0) is 10.8 Å². The molecule has 0 amide bonds. The molecule has 6 aliphatic rings. The van der Waals surface area contributed by atoms with Crippen molar-refractivity contribution in [1.29, 1.82) is 0 Å². The van der Waals surface area contributed by atoms with Gasteiger partial charge in [-0.2, -0.15) is 0 Å². The number of benzene rings is 8. The van der Waals surface area contributed by atoms with Gasteiger partial charge in [0.05, 0.1) is 22.5 Å². The Hall–Kier alpha value is -7.50. The Balaban J connectivity index is 0.860. The molecule has 4 heteroatoms. The zero-order valence-corrected chi connectivity index (χ0v) is 41.7. The first-order chi connectivity index (χ1) is 34.9. The van der Waals surface area contributed by atoms with Crippen molar-refractivity contribution in [2.24, 2.45) is 0 Å². The summed E-state index contributed by atoms with van der Waals surface area (Å²) in [5, 5.41) is 0. The summed E-state index contributed by atoms with van der Waals surface area (Å²) in [4.78, 5) is 10.0. The van der Waals surface area contributed by atoms with Crippen molar-refractivity contribution in [2.45, 2.75) is 54.2 Å². The van der Waals surface area contributed by atoms with Gasteiger partial charge in [-0.3, -0.25) is 0 Å². The summed E-state index contributed by atoms with van der Waals surface area (Å²) in [5.41, 5.74) is 25.0. The second-order valence-electron chi connectivity index (χ2n) is 19.9. The van der Waals surface area contributed by atoms with Crippen molar-refractivity contribution in [3.8, 4) is 33.4 Å². The average Bonchev–Trinajstić information content (AvgIpc) is 3.99. The Morgan fingerprint density at radius 1 is 0.507 bits per heavy atom. The molecule has 0 saturated carbocycles. The number of fused-ring (bicyclic) bond motifs is 15. The van der Waals surface area contributed by atoms with Crippen molar-refractivity contribution in [1.82, 2.24) is 0 Å². The van der Waals surface area contributed by atoms with E-state index >= 15 is 0 Å². The monoisotopic (exact) mass is 946 g/mol. The van der Waals surface area contributed by atoms with Crippen molar-refractivity contribution in [2.75, 3.05) is 9.80 Å². The highest BCUT2D eigenvalue weighted by Gasteiger charge is 2.52. The fourth-order valence-corrected chi connectivity index (χ4v) is 14.8. The molecule has 0 aromatic heterocycles. The zero-order valence-electron chi connectivity index (χ0n) is 40.0. The molecule has 4 aliphatic carbocycles. The standard InChI is InChI=1S/C67H50N2S2/c1-5-17-58-62(6-2)70-63-25-14-11-22-59(63)68(58)45-33-37-51-50-35-31-43(39-56(50)67(57(51)41-45)52-20-9-7-18-46(52)47-19-8-10-21-53(47)67)29-28-42-30-34-48-49-36-32-44(40-55(49)66(3,4)54(48)38-42)69-60-23-12-15-26-64(60)71-65-27-16-13-24-61(65)69/h5-12,14-23,25-41H,2,13,24H2,1,3-4H3/b17-5-,29-28+. The van der Waals surface area contributed by atoms with Crippen LogP contribution in [0.5, 0.6) is 0 Å². The molecule has 0 saturated heterocycles. The summed E-state index contributed by atoms with van der Waals surface area (Å²) < 4.78 is 0. The molecule has 2 heterocycles. The lowest BCUT2D eigenvalue weighted by Gasteiger charge is -2.36. The number of rotatable bonds is 6. The molecule has 1 spiro atoms. The second kappa shape index (κ2) is 16.0. The molecule has 2 aliphatic heterocycles. The minimum absolute atomic E-state index is 0.169. The summed E-state index contributed by atoms with van der Waals surface area (Å²) >= 11 is 3.69. The third-order valence-corrected chi connectivity index (χ3v) is 18.1. The van der Waals surface area contributed by atoms with Crippen molar-refractivity contribution >= 4 is 58.4 Å². The average molecular weight is 947 g/mol. The Bertz CT molecular complexity index is 3750. The van der Waals surface area contributed by atoms with Crippen LogP contribution in [0.2, 0.25) is 0 Å². The fraction of sp³-hybridized carbons (Fsp3) is 0.104. The fourth-order valence-electron chi connectivity index (χ4n) is 12.7. The molecule has 71 heavy (non-hydrogen) atoms. The van der Waals surface area contributed by atoms with Gasteiger partial charge in [-0.25, -0.2) is 0 Å². The highest BCUT2D eigenvalue weighted by Crippen LogP contribution is 2.64. The maximum atomic E-state index is 4.27. The Morgan fingerprint density at radius 3 is 1.68 bits per heavy atom. The van der Waals surface area contributed by atoms with Crippen LogP contribution in [-0.4, -0.2) is 0 Å². The van der Waals surface area contributed by atoms with Gasteiger partial charge in [-0.1, -0.05) is 196 Å². The van der Waals surface area contributed by atoms with E-state index in [2.05, 4.69) is 243 Å². The molecule has 14 rings (SSSR count). The molecule has 0 radical (unpaired) electrons. The quantitative estimate of drug-likeness (QED) is 0.153. The molecule has 0 N–H and O–H groups in total. The molecule has 0 fully saturated rings. The number of nitrogens with zero attached hydrogens (tertiary/aromatic N) is 2. The van der Waals surface area contributed by atoms with Crippen LogP contribution in [0.15, 0.2) is 238 Å². The summed E-state index contributed by atoms with van der Waals surface area (Å²) in [6.07, 6.45) is 17.8. The highest BCUT2D eigenvalue weighted by atomic mass is 32.2. The third-order valence-electron chi connectivity index (χ3n) is 15.8. The molecular weight excluding hydrogens is 897 g/mol. The van der Waals surface area contributed by atoms with Gasteiger partial charge in [0.25, 0.3) is 0 Å². The first kappa shape index (κ1) is 42.4. The lowest BCUT2D eigenvalue weighted by Crippen LogP contribution is -2.27. The second-order valence-corrected chi connectivity index (χ2v) is 22.1. The maximum Gasteiger partial charge on any atom is 0.0726 e. The van der Waals surface area contributed by atoms with Crippen molar-refractivity contribution in [3.05, 3.63) is 273 Å². The lowest BCUT2D eigenvalue weighted by atomic mass is 9.70. The topological polar surface area (TPSA) is 6.48 Å². The minimum atomic E-state index is -0.503. The first-order valence-corrected chi connectivity index (χ1v) is 26.5. The molecule has 2 nitrogen and oxygen atoms in total. The van der Waals surface area contributed by atoms with Gasteiger partial charge < -0.3 is 9.80 Å². The smallest absolute Gasteiger partial charge is 0.0726 e. The van der Waals surface area contributed by atoms with Crippen LogP contribution in [0, 0.1) is 0 Å². The van der Waals surface area contributed by atoms with Crippen molar-refractivity contribution < 1.29 is 0 Å². The lowest BCUT2D eigenvalue weighted by molar-refractivity contribution is 0.660. The molecular formula is C67H50N2S2. The number of anilines is 4. The van der Waals surface area contributed by atoms with Gasteiger partial charge >= 0.3 is 0 Å². The predicted molar refractivity (Wildman–Crippen MR) is 302 cm³/mol. The van der Waals surface area contributed by atoms with Crippen molar-refractivity contribution in [3.63, 3.8) is 0 Å². The summed E-state index contributed by atoms with van der Waals surface area (Å²) in [5.74, 6) is 0. The normalized spacial score (nSPS) is 16.9. The number of hydrogen-bond acceptors (Lipinski definition) is 4. The van der Waals surface area contributed by atoms with E-state index in [0.717, 1.165) is 29.1 Å². The van der Waals surface area contributed by atoms with E-state index in [-0.39, 0.29) is 5.41 Å². The van der Waals surface area contributed by atoms with Gasteiger partial charge in [0.15, 0.2) is 0 Å². The van der Waals surface area contributed by atoms with Crippen LogP contribution < -0.4 is 9.80 Å². The third kappa shape index (κ3) is 6.11. The van der Waals surface area contributed by atoms with Gasteiger partial charge in [-0.05, 0) is 158 Å². The van der Waals surface area contributed by atoms with Crippen LogP contribution in [0.25, 0.3) is 45.5 Å². The van der Waals surface area contributed by atoms with Crippen LogP contribution >= 0.6 is 23.5 Å². The summed E-state index contributed by atoms with van der Waals surface area (Å²) in [6, 6.07) is 64.5. The van der Waals surface area contributed by atoms with Gasteiger partial charge in [0.2, 0.25) is 0 Å². The van der Waals surface area contributed by atoms with E-state index < -0.39 is 5.41 Å². The van der Waals surface area contributed by atoms with Gasteiger partial charge in [-0.15, -0.1) is 0 Å². The molecule has 0 bridgehead atoms. The Labute approximate surface area is 425 Å². The summed E-state index contributed by atoms with van der Waals surface area (Å²) in [7, 11) is 0. The van der Waals surface area contributed by atoms with E-state index in [1.165, 1.54) is 115 Å². The van der Waals surface area contributed by atoms with E-state index in [1.54, 1.807) is 11.8 Å².